The van der Waals surface area contributed by atoms with Crippen LogP contribution in [0.5, 0.6) is 0 Å². The number of hydrogen-bond acceptors (Lipinski definition) is 4. The van der Waals surface area contributed by atoms with Gasteiger partial charge in [-0.25, -0.2) is 0 Å². The van der Waals surface area contributed by atoms with Gasteiger partial charge in [-0.1, -0.05) is 13.8 Å². The molecule has 0 spiro atoms. The van der Waals surface area contributed by atoms with Crippen molar-refractivity contribution >= 4 is 0 Å². The van der Waals surface area contributed by atoms with Crippen molar-refractivity contribution in [2.24, 2.45) is 5.73 Å². The van der Waals surface area contributed by atoms with Crippen molar-refractivity contribution in [3.63, 3.8) is 0 Å². The Bertz CT molecular complexity index is 146. The number of nitrogens with zero attached hydrogens (tertiary/aromatic N) is 2. The van der Waals surface area contributed by atoms with E-state index < -0.39 is 0 Å². The van der Waals surface area contributed by atoms with Gasteiger partial charge in [-0.3, -0.25) is 4.90 Å². The van der Waals surface area contributed by atoms with Crippen LogP contribution in [0.25, 0.3) is 0 Å². The molecule has 0 aliphatic rings. The van der Waals surface area contributed by atoms with E-state index in [9.17, 15) is 0 Å². The average molecular weight is 230 g/mol. The lowest BCUT2D eigenvalue weighted by Gasteiger charge is -2.30. The zero-order valence-electron chi connectivity index (χ0n) is 11.5. The zero-order chi connectivity index (χ0) is 12.4. The third-order valence-corrected chi connectivity index (χ3v) is 2.86. The summed E-state index contributed by atoms with van der Waals surface area (Å²) >= 11 is 0. The van der Waals surface area contributed by atoms with Crippen molar-refractivity contribution < 1.29 is 0 Å². The third-order valence-electron chi connectivity index (χ3n) is 2.86. The summed E-state index contributed by atoms with van der Waals surface area (Å²) in [6, 6.07) is 0. The van der Waals surface area contributed by atoms with Crippen LogP contribution < -0.4 is 11.1 Å². The molecule has 0 saturated carbocycles. The molecule has 1 atom stereocenters. The van der Waals surface area contributed by atoms with Gasteiger partial charge in [0.15, 0.2) is 0 Å². The molecular weight excluding hydrogens is 200 g/mol. The highest BCUT2D eigenvalue weighted by Crippen LogP contribution is 2.00. The fraction of sp³-hybridized carbons (Fsp3) is 1.00. The Balaban J connectivity index is 3.83. The molecule has 0 fully saturated rings. The summed E-state index contributed by atoms with van der Waals surface area (Å²) in [4.78, 5) is 4.65. The van der Waals surface area contributed by atoms with E-state index in [1.54, 1.807) is 0 Å². The molecule has 0 saturated heterocycles. The Morgan fingerprint density at radius 1 is 1.19 bits per heavy atom. The SMILES string of the molecule is CCN(CC)C(CCN)NCCCN(C)C. The first-order valence-corrected chi connectivity index (χ1v) is 6.47. The van der Waals surface area contributed by atoms with E-state index in [1.807, 2.05) is 0 Å². The lowest BCUT2D eigenvalue weighted by molar-refractivity contribution is 0.172. The van der Waals surface area contributed by atoms with Crippen molar-refractivity contribution in [2.45, 2.75) is 32.9 Å². The summed E-state index contributed by atoms with van der Waals surface area (Å²) in [7, 11) is 4.23. The first-order chi connectivity index (χ1) is 7.65. The summed E-state index contributed by atoms with van der Waals surface area (Å²) in [5.74, 6) is 0. The van der Waals surface area contributed by atoms with Crippen LogP contribution in [0.3, 0.4) is 0 Å². The van der Waals surface area contributed by atoms with Crippen molar-refractivity contribution in [3.8, 4) is 0 Å². The molecule has 4 heteroatoms. The summed E-state index contributed by atoms with van der Waals surface area (Å²) in [5, 5.41) is 3.60. The molecule has 0 aromatic carbocycles. The second kappa shape index (κ2) is 10.0. The Hall–Kier alpha value is -0.160. The Morgan fingerprint density at radius 3 is 2.25 bits per heavy atom. The van der Waals surface area contributed by atoms with Crippen LogP contribution >= 0.6 is 0 Å². The van der Waals surface area contributed by atoms with Gasteiger partial charge in [0.1, 0.15) is 0 Å². The standard InChI is InChI=1S/C12H30N4/c1-5-16(6-2)12(8-9-13)14-10-7-11-15(3)4/h12,14H,5-11,13H2,1-4H3. The fourth-order valence-corrected chi connectivity index (χ4v) is 1.90. The molecular formula is C12H30N4. The quantitative estimate of drug-likeness (QED) is 0.425. The van der Waals surface area contributed by atoms with Crippen LogP contribution in [0.2, 0.25) is 0 Å². The Morgan fingerprint density at radius 2 is 1.81 bits per heavy atom. The van der Waals surface area contributed by atoms with Crippen LogP contribution in [0.1, 0.15) is 26.7 Å². The highest BCUT2D eigenvalue weighted by Gasteiger charge is 2.13. The lowest BCUT2D eigenvalue weighted by atomic mass is 10.2. The van der Waals surface area contributed by atoms with E-state index >= 15 is 0 Å². The molecule has 16 heavy (non-hydrogen) atoms. The smallest absolute Gasteiger partial charge is 0.0609 e. The van der Waals surface area contributed by atoms with Crippen molar-refractivity contribution in [1.29, 1.82) is 0 Å². The first kappa shape index (κ1) is 15.8. The number of hydrogen-bond donors (Lipinski definition) is 2. The van der Waals surface area contributed by atoms with Gasteiger partial charge in [0.25, 0.3) is 0 Å². The second-order valence-corrected chi connectivity index (χ2v) is 4.43. The summed E-state index contributed by atoms with van der Waals surface area (Å²) in [6.45, 7) is 9.54. The van der Waals surface area contributed by atoms with Gasteiger partial charge in [0.05, 0.1) is 6.17 Å². The van der Waals surface area contributed by atoms with Gasteiger partial charge in [0.2, 0.25) is 0 Å². The van der Waals surface area contributed by atoms with Crippen molar-refractivity contribution in [2.75, 3.05) is 46.8 Å². The van der Waals surface area contributed by atoms with Crippen molar-refractivity contribution in [1.82, 2.24) is 15.1 Å². The van der Waals surface area contributed by atoms with Crippen LogP contribution in [0.15, 0.2) is 0 Å². The lowest BCUT2D eigenvalue weighted by Crippen LogP contribution is -2.47. The maximum atomic E-state index is 5.65. The monoisotopic (exact) mass is 230 g/mol. The maximum absolute atomic E-state index is 5.65. The molecule has 0 heterocycles. The molecule has 98 valence electrons. The van der Waals surface area contributed by atoms with Crippen LogP contribution in [-0.2, 0) is 0 Å². The minimum atomic E-state index is 0.446. The number of rotatable bonds is 10. The molecule has 0 aromatic rings. The van der Waals surface area contributed by atoms with Gasteiger partial charge in [-0.2, -0.15) is 0 Å². The molecule has 4 nitrogen and oxygen atoms in total. The van der Waals surface area contributed by atoms with E-state index in [0.29, 0.717) is 6.17 Å². The van der Waals surface area contributed by atoms with E-state index in [0.717, 1.165) is 39.1 Å². The second-order valence-electron chi connectivity index (χ2n) is 4.43. The zero-order valence-corrected chi connectivity index (χ0v) is 11.5. The highest BCUT2D eigenvalue weighted by molar-refractivity contribution is 4.68. The van der Waals surface area contributed by atoms with Gasteiger partial charge < -0.3 is 16.0 Å². The Labute approximate surface area is 101 Å². The van der Waals surface area contributed by atoms with E-state index in [4.69, 9.17) is 5.73 Å². The van der Waals surface area contributed by atoms with E-state index in [1.165, 1.54) is 6.42 Å². The minimum Gasteiger partial charge on any atom is -0.330 e. The number of nitrogens with two attached hydrogens (primary N) is 1. The van der Waals surface area contributed by atoms with Crippen molar-refractivity contribution in [3.05, 3.63) is 0 Å². The summed E-state index contributed by atoms with van der Waals surface area (Å²) < 4.78 is 0. The normalized spacial score (nSPS) is 13.7. The molecule has 0 radical (unpaired) electrons. The fourth-order valence-electron chi connectivity index (χ4n) is 1.90. The van der Waals surface area contributed by atoms with E-state index in [2.05, 4.69) is 43.1 Å². The molecule has 3 N–H and O–H groups in total. The van der Waals surface area contributed by atoms with Crippen LogP contribution in [0.4, 0.5) is 0 Å². The maximum Gasteiger partial charge on any atom is 0.0609 e. The van der Waals surface area contributed by atoms with Gasteiger partial charge in [-0.05, 0) is 59.7 Å². The summed E-state index contributed by atoms with van der Waals surface area (Å²) in [5.41, 5.74) is 5.65. The molecule has 1 unspecified atom stereocenters. The van der Waals surface area contributed by atoms with Gasteiger partial charge in [-0.15, -0.1) is 0 Å². The van der Waals surface area contributed by atoms with Crippen LogP contribution in [0, 0.1) is 0 Å². The first-order valence-electron chi connectivity index (χ1n) is 6.47. The Kier molecular flexibility index (Phi) is 9.92. The summed E-state index contributed by atoms with van der Waals surface area (Å²) in [6.07, 6.45) is 2.67. The largest absolute Gasteiger partial charge is 0.330 e. The number of nitrogens with one attached hydrogen (secondary N) is 1. The molecule has 0 aromatic heterocycles. The topological polar surface area (TPSA) is 44.5 Å². The average Bonchev–Trinajstić information content (AvgIpc) is 2.25. The van der Waals surface area contributed by atoms with Gasteiger partial charge in [0, 0.05) is 0 Å². The van der Waals surface area contributed by atoms with Gasteiger partial charge >= 0.3 is 0 Å². The molecule has 0 rings (SSSR count). The molecule has 0 aliphatic heterocycles. The highest BCUT2D eigenvalue weighted by atomic mass is 15.3. The molecule has 0 amide bonds. The van der Waals surface area contributed by atoms with E-state index in [-0.39, 0.29) is 0 Å². The minimum absolute atomic E-state index is 0.446. The molecule has 0 bridgehead atoms. The molecule has 0 aliphatic carbocycles. The predicted molar refractivity (Wildman–Crippen MR) is 71.6 cm³/mol. The van der Waals surface area contributed by atoms with Crippen LogP contribution in [-0.4, -0.2) is 62.8 Å². The predicted octanol–water partition coefficient (Wildman–Crippen LogP) is 0.544. The third kappa shape index (κ3) is 7.17.